The van der Waals surface area contributed by atoms with Gasteiger partial charge in [-0.15, -0.1) is 0 Å². The molecule has 0 atom stereocenters. The highest BCUT2D eigenvalue weighted by atomic mass is 28.4. The zero-order valence-corrected chi connectivity index (χ0v) is 26.3. The molecule has 0 radical (unpaired) electrons. The molecule has 0 N–H and O–H groups in total. The Morgan fingerprint density at radius 1 is 0.757 bits per heavy atom. The Hall–Kier alpha value is -2.27. The molecule has 0 fully saturated rings. The molecule has 37 heavy (non-hydrogen) atoms. The number of nitrogens with zero attached hydrogens (tertiary/aromatic N) is 1. The van der Waals surface area contributed by atoms with Crippen LogP contribution in [0.1, 0.15) is 52.7 Å². The van der Waals surface area contributed by atoms with Crippen LogP contribution in [-0.2, 0) is 8.85 Å². The summed E-state index contributed by atoms with van der Waals surface area (Å²) in [5.74, 6) is 0.773. The molecule has 0 aliphatic heterocycles. The van der Waals surface area contributed by atoms with Gasteiger partial charge in [-0.05, 0) is 71.7 Å². The standard InChI is InChI=1S/C29H45NO5Si2/c1-28(2,3)36(7,8)33-21-27(22-34-37(9,10)29(4,5)6)35-26-19-15-24(16-20-26)12-11-23-13-17-25(18-14-23)30(31)32/h11-20,27H,21-22H2,1-10H3/b12-11+. The normalized spacial score (nSPS) is 13.4. The SMILES string of the molecule is CC(C)(C)[Si](C)(C)OCC(CO[Si](C)(C)C(C)(C)C)Oc1ccc(/C=C/c2ccc([N+](=O)[O-])cc2)cc1. The molecule has 0 aromatic heterocycles. The number of benzene rings is 2. The molecular weight excluding hydrogens is 498 g/mol. The molecule has 204 valence electrons. The molecule has 2 rings (SSSR count). The summed E-state index contributed by atoms with van der Waals surface area (Å²) in [5.41, 5.74) is 2.00. The molecule has 8 heteroatoms. The van der Waals surface area contributed by atoms with Crippen molar-refractivity contribution in [1.29, 1.82) is 0 Å². The number of nitro groups is 1. The van der Waals surface area contributed by atoms with Gasteiger partial charge in [0, 0.05) is 12.1 Å². The number of hydrogen-bond acceptors (Lipinski definition) is 5. The van der Waals surface area contributed by atoms with E-state index in [1.165, 1.54) is 12.1 Å². The average Bonchev–Trinajstić information content (AvgIpc) is 2.79. The van der Waals surface area contributed by atoms with Crippen LogP contribution in [0, 0.1) is 10.1 Å². The number of hydrogen-bond donors (Lipinski definition) is 0. The predicted octanol–water partition coefficient (Wildman–Crippen LogP) is 8.56. The number of ether oxygens (including phenoxy) is 1. The van der Waals surface area contributed by atoms with E-state index in [1.54, 1.807) is 12.1 Å². The first-order valence-corrected chi connectivity index (χ1v) is 18.7. The molecule has 2 aromatic rings. The molecule has 0 amide bonds. The first kappa shape index (κ1) is 31.0. The summed E-state index contributed by atoms with van der Waals surface area (Å²) in [6.45, 7) is 23.4. The van der Waals surface area contributed by atoms with E-state index in [1.807, 2.05) is 36.4 Å². The van der Waals surface area contributed by atoms with Crippen LogP contribution in [0.15, 0.2) is 48.5 Å². The van der Waals surface area contributed by atoms with Crippen molar-refractivity contribution in [3.8, 4) is 5.75 Å². The van der Waals surface area contributed by atoms with Crippen molar-refractivity contribution < 1.29 is 18.5 Å². The van der Waals surface area contributed by atoms with Crippen LogP contribution in [0.25, 0.3) is 12.2 Å². The lowest BCUT2D eigenvalue weighted by Crippen LogP contribution is -2.47. The zero-order valence-electron chi connectivity index (χ0n) is 24.3. The van der Waals surface area contributed by atoms with Gasteiger partial charge in [-0.1, -0.05) is 65.8 Å². The van der Waals surface area contributed by atoms with Gasteiger partial charge in [-0.2, -0.15) is 0 Å². The van der Waals surface area contributed by atoms with Gasteiger partial charge >= 0.3 is 0 Å². The first-order valence-electron chi connectivity index (χ1n) is 12.9. The van der Waals surface area contributed by atoms with E-state index in [2.05, 4.69) is 67.7 Å². The summed E-state index contributed by atoms with van der Waals surface area (Å²) in [5, 5.41) is 11.1. The van der Waals surface area contributed by atoms with Crippen LogP contribution < -0.4 is 4.74 Å². The smallest absolute Gasteiger partial charge is 0.269 e. The third kappa shape index (κ3) is 9.21. The summed E-state index contributed by atoms with van der Waals surface area (Å²) in [6, 6.07) is 14.4. The van der Waals surface area contributed by atoms with Gasteiger partial charge in [-0.3, -0.25) is 10.1 Å². The van der Waals surface area contributed by atoms with Crippen molar-refractivity contribution in [2.75, 3.05) is 13.2 Å². The lowest BCUT2D eigenvalue weighted by molar-refractivity contribution is -0.384. The molecule has 2 aromatic carbocycles. The summed E-state index contributed by atoms with van der Waals surface area (Å²) in [4.78, 5) is 10.4. The first-order chi connectivity index (χ1) is 16.9. The van der Waals surface area contributed by atoms with Gasteiger partial charge in [0.05, 0.1) is 18.1 Å². The van der Waals surface area contributed by atoms with Gasteiger partial charge in [0.2, 0.25) is 0 Å². The highest BCUT2D eigenvalue weighted by Gasteiger charge is 2.40. The Kier molecular flexibility index (Phi) is 10.1. The van der Waals surface area contributed by atoms with Crippen LogP contribution in [0.2, 0.25) is 36.3 Å². The number of non-ortho nitro benzene ring substituents is 1. The lowest BCUT2D eigenvalue weighted by atomic mass is 10.1. The molecule has 6 nitrogen and oxygen atoms in total. The second-order valence-electron chi connectivity index (χ2n) is 12.6. The largest absolute Gasteiger partial charge is 0.486 e. The summed E-state index contributed by atoms with van der Waals surface area (Å²) < 4.78 is 19.4. The molecule has 0 unspecified atom stereocenters. The van der Waals surface area contributed by atoms with E-state index >= 15 is 0 Å². The molecule has 0 saturated heterocycles. The minimum absolute atomic E-state index is 0.0864. The van der Waals surface area contributed by atoms with Crippen LogP contribution in [0.3, 0.4) is 0 Å². The quantitative estimate of drug-likeness (QED) is 0.123. The highest BCUT2D eigenvalue weighted by molar-refractivity contribution is 6.74. The lowest BCUT2D eigenvalue weighted by Gasteiger charge is -2.39. The average molecular weight is 544 g/mol. The fourth-order valence-electron chi connectivity index (χ4n) is 2.90. The van der Waals surface area contributed by atoms with Crippen LogP contribution >= 0.6 is 0 Å². The molecule has 0 aliphatic carbocycles. The van der Waals surface area contributed by atoms with E-state index in [-0.39, 0.29) is 21.9 Å². The summed E-state index contributed by atoms with van der Waals surface area (Å²) >= 11 is 0. The van der Waals surface area contributed by atoms with E-state index in [0.717, 1.165) is 16.9 Å². The van der Waals surface area contributed by atoms with Crippen molar-refractivity contribution in [1.82, 2.24) is 0 Å². The molecule has 0 aliphatic rings. The Bertz CT molecular complexity index is 1020. The summed E-state index contributed by atoms with van der Waals surface area (Å²) in [7, 11) is -3.86. The maximum atomic E-state index is 10.8. The third-order valence-corrected chi connectivity index (χ3v) is 16.6. The fraction of sp³-hybridized carbons (Fsp3) is 0.517. The topological polar surface area (TPSA) is 70.8 Å². The van der Waals surface area contributed by atoms with Gasteiger partial charge in [-0.25, -0.2) is 0 Å². The maximum absolute atomic E-state index is 10.8. The number of nitro benzene ring substituents is 1. The maximum Gasteiger partial charge on any atom is 0.269 e. The summed E-state index contributed by atoms with van der Waals surface area (Å²) in [6.07, 6.45) is 3.70. The van der Waals surface area contributed by atoms with Gasteiger partial charge < -0.3 is 13.6 Å². The van der Waals surface area contributed by atoms with Gasteiger partial charge in [0.25, 0.3) is 5.69 Å². The fourth-order valence-corrected chi connectivity index (χ4v) is 4.97. The molecule has 0 spiro atoms. The van der Waals surface area contributed by atoms with Crippen LogP contribution in [0.4, 0.5) is 5.69 Å². The van der Waals surface area contributed by atoms with Gasteiger partial charge in [0.15, 0.2) is 16.6 Å². The van der Waals surface area contributed by atoms with Gasteiger partial charge in [0.1, 0.15) is 11.9 Å². The van der Waals surface area contributed by atoms with Crippen molar-refractivity contribution >= 4 is 34.5 Å². The van der Waals surface area contributed by atoms with E-state index in [9.17, 15) is 10.1 Å². The van der Waals surface area contributed by atoms with E-state index in [0.29, 0.717) is 13.2 Å². The Morgan fingerprint density at radius 3 is 1.49 bits per heavy atom. The van der Waals surface area contributed by atoms with Crippen molar-refractivity contribution in [2.24, 2.45) is 0 Å². The van der Waals surface area contributed by atoms with Crippen LogP contribution in [0.5, 0.6) is 5.75 Å². The molecular formula is C29H45NO5Si2. The third-order valence-electron chi connectivity index (χ3n) is 7.63. The minimum Gasteiger partial charge on any atom is -0.486 e. The zero-order chi connectivity index (χ0) is 28.1. The predicted molar refractivity (Wildman–Crippen MR) is 159 cm³/mol. The molecule has 0 bridgehead atoms. The second-order valence-corrected chi connectivity index (χ2v) is 22.3. The monoisotopic (exact) mass is 543 g/mol. The van der Waals surface area contributed by atoms with E-state index in [4.69, 9.17) is 13.6 Å². The molecule has 0 heterocycles. The Labute approximate surface area is 225 Å². The van der Waals surface area contributed by atoms with Crippen LogP contribution in [-0.4, -0.2) is 40.9 Å². The van der Waals surface area contributed by atoms with Crippen molar-refractivity contribution in [3.05, 3.63) is 69.8 Å². The Morgan fingerprint density at radius 2 is 1.14 bits per heavy atom. The second kappa shape index (κ2) is 12.1. The molecule has 0 saturated carbocycles. The van der Waals surface area contributed by atoms with E-state index < -0.39 is 21.6 Å². The van der Waals surface area contributed by atoms with Crippen molar-refractivity contribution in [3.63, 3.8) is 0 Å². The number of rotatable bonds is 11. The minimum atomic E-state index is -1.93. The highest BCUT2D eigenvalue weighted by Crippen LogP contribution is 2.38. The Balaban J connectivity index is 2.11. The van der Waals surface area contributed by atoms with Crippen molar-refractivity contribution in [2.45, 2.75) is 83.9 Å².